The topological polar surface area (TPSA) is 63.6 Å². The van der Waals surface area contributed by atoms with E-state index >= 15 is 0 Å². The van der Waals surface area contributed by atoms with Gasteiger partial charge in [0.2, 0.25) is 0 Å². The van der Waals surface area contributed by atoms with E-state index in [9.17, 15) is 9.59 Å². The van der Waals surface area contributed by atoms with E-state index in [1.807, 2.05) is 0 Å². The molecule has 18 heavy (non-hydrogen) atoms. The van der Waals surface area contributed by atoms with Gasteiger partial charge in [-0.25, -0.2) is 9.59 Å². The minimum Gasteiger partial charge on any atom is -0.478 e. The molecule has 0 radical (unpaired) electrons. The van der Waals surface area contributed by atoms with Crippen LogP contribution in [0, 0.1) is 0 Å². The van der Waals surface area contributed by atoms with Gasteiger partial charge in [0.1, 0.15) is 0 Å². The molecule has 0 saturated heterocycles. The van der Waals surface area contributed by atoms with Crippen LogP contribution >= 0.6 is 11.3 Å². The number of carbonyl (C=O) groups is 2. The zero-order valence-corrected chi connectivity index (χ0v) is 10.4. The van der Waals surface area contributed by atoms with Crippen molar-refractivity contribution < 1.29 is 19.4 Å². The van der Waals surface area contributed by atoms with Crippen LogP contribution in [-0.4, -0.2) is 24.2 Å². The Bertz CT molecular complexity index is 601. The molecule has 0 fully saturated rings. The molecule has 0 unspecified atom stereocenters. The van der Waals surface area contributed by atoms with Gasteiger partial charge < -0.3 is 9.84 Å². The first-order chi connectivity index (χ1) is 8.63. The van der Waals surface area contributed by atoms with Gasteiger partial charge in [-0.05, 0) is 29.1 Å². The summed E-state index contributed by atoms with van der Waals surface area (Å²) in [5, 5.41) is 10.7. The highest BCUT2D eigenvalue weighted by atomic mass is 32.1. The average molecular weight is 262 g/mol. The first kappa shape index (κ1) is 12.3. The molecule has 4 nitrogen and oxygen atoms in total. The number of benzene rings is 1. The first-order valence-electron chi connectivity index (χ1n) is 5.13. The van der Waals surface area contributed by atoms with Crippen molar-refractivity contribution in [2.45, 2.75) is 0 Å². The van der Waals surface area contributed by atoms with Gasteiger partial charge in [-0.1, -0.05) is 12.1 Å². The fourth-order valence-electron chi connectivity index (χ4n) is 1.60. The number of aromatic carboxylic acids is 1. The molecular formula is C13H10O4S. The third kappa shape index (κ3) is 2.26. The molecular weight excluding hydrogens is 252 g/mol. The summed E-state index contributed by atoms with van der Waals surface area (Å²) in [6, 6.07) is 8.14. The number of hydrogen-bond donors (Lipinski definition) is 1. The molecule has 0 aliphatic heterocycles. The maximum absolute atomic E-state index is 11.6. The quantitative estimate of drug-likeness (QED) is 0.864. The SMILES string of the molecule is COC(=O)c1ccsc1-c1cccc(C(=O)O)c1. The highest BCUT2D eigenvalue weighted by molar-refractivity contribution is 7.14. The van der Waals surface area contributed by atoms with Gasteiger partial charge in [0, 0.05) is 4.88 Å². The van der Waals surface area contributed by atoms with Crippen molar-refractivity contribution in [2.24, 2.45) is 0 Å². The molecule has 0 aliphatic carbocycles. The maximum Gasteiger partial charge on any atom is 0.339 e. The van der Waals surface area contributed by atoms with Crippen LogP contribution in [-0.2, 0) is 4.74 Å². The molecule has 1 N–H and O–H groups in total. The number of carboxylic acids is 1. The Balaban J connectivity index is 2.49. The van der Waals surface area contributed by atoms with E-state index in [0.717, 1.165) is 0 Å². The van der Waals surface area contributed by atoms with Crippen molar-refractivity contribution in [3.8, 4) is 10.4 Å². The summed E-state index contributed by atoms with van der Waals surface area (Å²) in [4.78, 5) is 23.2. The van der Waals surface area contributed by atoms with Crippen molar-refractivity contribution in [3.05, 3.63) is 46.8 Å². The molecule has 2 aromatic rings. The van der Waals surface area contributed by atoms with E-state index in [1.165, 1.54) is 24.5 Å². The summed E-state index contributed by atoms with van der Waals surface area (Å²) >= 11 is 1.37. The highest BCUT2D eigenvalue weighted by Gasteiger charge is 2.15. The van der Waals surface area contributed by atoms with Gasteiger partial charge in [-0.15, -0.1) is 11.3 Å². The predicted octanol–water partition coefficient (Wildman–Crippen LogP) is 2.90. The van der Waals surface area contributed by atoms with Crippen molar-refractivity contribution in [1.29, 1.82) is 0 Å². The zero-order chi connectivity index (χ0) is 13.1. The highest BCUT2D eigenvalue weighted by Crippen LogP contribution is 2.30. The Morgan fingerprint density at radius 1 is 1.28 bits per heavy atom. The van der Waals surface area contributed by atoms with Crippen LogP contribution in [0.25, 0.3) is 10.4 Å². The number of hydrogen-bond acceptors (Lipinski definition) is 4. The van der Waals surface area contributed by atoms with E-state index in [1.54, 1.807) is 29.6 Å². The van der Waals surface area contributed by atoms with Gasteiger partial charge in [0.25, 0.3) is 0 Å². The van der Waals surface area contributed by atoms with Crippen LogP contribution in [0.3, 0.4) is 0 Å². The van der Waals surface area contributed by atoms with Crippen molar-refractivity contribution in [2.75, 3.05) is 7.11 Å². The number of carboxylic acid groups (broad SMARTS) is 1. The van der Waals surface area contributed by atoms with Crippen molar-refractivity contribution in [3.63, 3.8) is 0 Å². The smallest absolute Gasteiger partial charge is 0.339 e. The predicted molar refractivity (Wildman–Crippen MR) is 68.1 cm³/mol. The Morgan fingerprint density at radius 2 is 2.06 bits per heavy atom. The Kier molecular flexibility index (Phi) is 3.43. The largest absolute Gasteiger partial charge is 0.478 e. The summed E-state index contributed by atoms with van der Waals surface area (Å²) < 4.78 is 4.69. The second-order valence-electron chi connectivity index (χ2n) is 3.54. The van der Waals surface area contributed by atoms with Crippen molar-refractivity contribution in [1.82, 2.24) is 0 Å². The lowest BCUT2D eigenvalue weighted by Crippen LogP contribution is -2.01. The zero-order valence-electron chi connectivity index (χ0n) is 9.54. The molecule has 1 aromatic heterocycles. The van der Waals surface area contributed by atoms with Crippen LogP contribution < -0.4 is 0 Å². The number of rotatable bonds is 3. The molecule has 0 aliphatic rings. The second-order valence-corrected chi connectivity index (χ2v) is 4.46. The minimum atomic E-state index is -0.993. The van der Waals surface area contributed by atoms with Gasteiger partial charge in [0.15, 0.2) is 0 Å². The normalized spacial score (nSPS) is 10.1. The Labute approximate surface area is 107 Å². The summed E-state index contributed by atoms with van der Waals surface area (Å²) in [5.74, 6) is -1.42. The molecule has 5 heteroatoms. The van der Waals surface area contributed by atoms with Gasteiger partial charge >= 0.3 is 11.9 Å². The minimum absolute atomic E-state index is 0.191. The first-order valence-corrected chi connectivity index (χ1v) is 6.01. The molecule has 1 heterocycles. The summed E-state index contributed by atoms with van der Waals surface area (Å²) in [6.45, 7) is 0. The molecule has 0 atom stereocenters. The van der Waals surface area contributed by atoms with E-state index in [0.29, 0.717) is 16.0 Å². The summed E-state index contributed by atoms with van der Waals surface area (Å²) in [6.07, 6.45) is 0. The number of methoxy groups -OCH3 is 1. The number of carbonyl (C=O) groups excluding carboxylic acids is 1. The standard InChI is InChI=1S/C13H10O4S/c1-17-13(16)10-5-6-18-11(10)8-3-2-4-9(7-8)12(14)15/h2-7H,1H3,(H,14,15). The third-order valence-electron chi connectivity index (χ3n) is 2.44. The lowest BCUT2D eigenvalue weighted by molar-refractivity contribution is 0.0601. The molecule has 92 valence electrons. The van der Waals surface area contributed by atoms with E-state index < -0.39 is 11.9 Å². The van der Waals surface area contributed by atoms with E-state index in [4.69, 9.17) is 5.11 Å². The van der Waals surface area contributed by atoms with Crippen molar-refractivity contribution >= 4 is 23.3 Å². The van der Waals surface area contributed by atoms with Crippen LogP contribution in [0.4, 0.5) is 0 Å². The Hall–Kier alpha value is -2.14. The van der Waals surface area contributed by atoms with E-state index in [2.05, 4.69) is 4.74 Å². The van der Waals surface area contributed by atoms with Gasteiger partial charge in [-0.3, -0.25) is 0 Å². The number of esters is 1. The molecule has 0 spiro atoms. The molecule has 1 aromatic carbocycles. The fraction of sp³-hybridized carbons (Fsp3) is 0.0769. The van der Waals surface area contributed by atoms with Gasteiger partial charge in [0.05, 0.1) is 18.2 Å². The number of thiophene rings is 1. The summed E-state index contributed by atoms with van der Waals surface area (Å²) in [7, 11) is 1.32. The van der Waals surface area contributed by atoms with Crippen LogP contribution in [0.5, 0.6) is 0 Å². The van der Waals surface area contributed by atoms with E-state index in [-0.39, 0.29) is 5.56 Å². The maximum atomic E-state index is 11.6. The second kappa shape index (κ2) is 5.01. The third-order valence-corrected chi connectivity index (χ3v) is 3.41. The molecule has 0 bridgehead atoms. The number of ether oxygens (including phenoxy) is 1. The lowest BCUT2D eigenvalue weighted by Gasteiger charge is -2.03. The summed E-state index contributed by atoms with van der Waals surface area (Å²) in [5.41, 5.74) is 1.34. The van der Waals surface area contributed by atoms with Crippen LogP contribution in [0.1, 0.15) is 20.7 Å². The molecule has 0 amide bonds. The molecule has 2 rings (SSSR count). The van der Waals surface area contributed by atoms with Crippen LogP contribution in [0.15, 0.2) is 35.7 Å². The lowest BCUT2D eigenvalue weighted by atomic mass is 10.1. The van der Waals surface area contributed by atoms with Gasteiger partial charge in [-0.2, -0.15) is 0 Å². The van der Waals surface area contributed by atoms with Crippen LogP contribution in [0.2, 0.25) is 0 Å². The fourth-order valence-corrected chi connectivity index (χ4v) is 2.48. The Morgan fingerprint density at radius 3 is 2.72 bits per heavy atom. The monoisotopic (exact) mass is 262 g/mol. The molecule has 0 saturated carbocycles. The average Bonchev–Trinajstić information content (AvgIpc) is 2.87.